The molecule has 0 radical (unpaired) electrons. The van der Waals surface area contributed by atoms with Crippen LogP contribution in [-0.4, -0.2) is 4.98 Å². The number of H-pyrrole nitrogens is 1. The third kappa shape index (κ3) is 2.43. The number of hydrogen-bond donors (Lipinski definition) is 1. The van der Waals surface area contributed by atoms with Gasteiger partial charge in [-0.15, -0.1) is 0 Å². The minimum Gasteiger partial charge on any atom is -0.354 e. The fourth-order valence-electron chi connectivity index (χ4n) is 3.18. The molecule has 114 valence electrons. The van der Waals surface area contributed by atoms with E-state index in [2.05, 4.69) is 92.5 Å². The van der Waals surface area contributed by atoms with Crippen LogP contribution >= 0.6 is 0 Å². The SMILES string of the molecule is CC(C)(C)c1ccc2[nH]c3cc(-c4ccccc4)ccc3c2c1. The first kappa shape index (κ1) is 14.1. The van der Waals surface area contributed by atoms with E-state index in [1.165, 1.54) is 38.5 Å². The summed E-state index contributed by atoms with van der Waals surface area (Å²) in [7, 11) is 0. The van der Waals surface area contributed by atoms with E-state index in [-0.39, 0.29) is 5.41 Å². The highest BCUT2D eigenvalue weighted by molar-refractivity contribution is 6.08. The molecule has 0 saturated heterocycles. The van der Waals surface area contributed by atoms with Crippen molar-refractivity contribution in [1.82, 2.24) is 4.98 Å². The van der Waals surface area contributed by atoms with Gasteiger partial charge in [0.1, 0.15) is 0 Å². The zero-order valence-electron chi connectivity index (χ0n) is 13.9. The molecule has 1 aromatic heterocycles. The average Bonchev–Trinajstić information content (AvgIpc) is 2.91. The van der Waals surface area contributed by atoms with Gasteiger partial charge in [-0.3, -0.25) is 0 Å². The lowest BCUT2D eigenvalue weighted by atomic mass is 9.86. The van der Waals surface area contributed by atoms with Crippen molar-refractivity contribution in [1.29, 1.82) is 0 Å². The van der Waals surface area contributed by atoms with E-state index in [1.807, 2.05) is 0 Å². The minimum absolute atomic E-state index is 0.168. The molecular weight excluding hydrogens is 278 g/mol. The Morgan fingerprint density at radius 2 is 1.43 bits per heavy atom. The van der Waals surface area contributed by atoms with Crippen LogP contribution in [0.15, 0.2) is 66.7 Å². The molecular formula is C22H21N. The first-order chi connectivity index (χ1) is 11.0. The lowest BCUT2D eigenvalue weighted by molar-refractivity contribution is 0.591. The third-order valence-corrected chi connectivity index (χ3v) is 4.57. The van der Waals surface area contributed by atoms with Crippen LogP contribution in [0, 0.1) is 0 Å². The zero-order valence-corrected chi connectivity index (χ0v) is 13.9. The molecule has 0 aliphatic heterocycles. The van der Waals surface area contributed by atoms with Crippen LogP contribution in [0.4, 0.5) is 0 Å². The van der Waals surface area contributed by atoms with Gasteiger partial charge in [-0.2, -0.15) is 0 Å². The van der Waals surface area contributed by atoms with Gasteiger partial charge in [-0.1, -0.05) is 69.3 Å². The molecule has 1 nitrogen and oxygen atoms in total. The maximum Gasteiger partial charge on any atom is 0.0471 e. The predicted molar refractivity (Wildman–Crippen MR) is 99.9 cm³/mol. The predicted octanol–water partition coefficient (Wildman–Crippen LogP) is 6.29. The summed E-state index contributed by atoms with van der Waals surface area (Å²) in [6, 6.07) is 24.0. The quantitative estimate of drug-likeness (QED) is 0.425. The average molecular weight is 299 g/mol. The highest BCUT2D eigenvalue weighted by Crippen LogP contribution is 2.32. The van der Waals surface area contributed by atoms with Crippen molar-refractivity contribution in [3.63, 3.8) is 0 Å². The summed E-state index contributed by atoms with van der Waals surface area (Å²) in [5.74, 6) is 0. The minimum atomic E-state index is 0.168. The molecule has 0 atom stereocenters. The highest BCUT2D eigenvalue weighted by atomic mass is 14.7. The largest absolute Gasteiger partial charge is 0.354 e. The molecule has 4 rings (SSSR count). The molecule has 0 bridgehead atoms. The molecule has 0 amide bonds. The molecule has 4 aromatic rings. The standard InChI is InChI=1S/C22H21N/c1-22(2,3)17-10-12-20-19(14-17)18-11-9-16(13-21(18)23-20)15-7-5-4-6-8-15/h4-14,23H,1-3H3. The maximum atomic E-state index is 3.57. The fraction of sp³-hybridized carbons (Fsp3) is 0.182. The van der Waals surface area contributed by atoms with E-state index in [1.54, 1.807) is 0 Å². The monoisotopic (exact) mass is 299 g/mol. The van der Waals surface area contributed by atoms with Crippen molar-refractivity contribution in [2.24, 2.45) is 0 Å². The number of aromatic nitrogens is 1. The molecule has 0 aliphatic rings. The Balaban J connectivity index is 1.92. The number of nitrogens with one attached hydrogen (secondary N) is 1. The Morgan fingerprint density at radius 3 is 2.17 bits per heavy atom. The first-order valence-corrected chi connectivity index (χ1v) is 8.14. The van der Waals surface area contributed by atoms with Gasteiger partial charge >= 0.3 is 0 Å². The first-order valence-electron chi connectivity index (χ1n) is 8.14. The molecule has 0 spiro atoms. The second kappa shape index (κ2) is 4.99. The summed E-state index contributed by atoms with van der Waals surface area (Å²) < 4.78 is 0. The Bertz CT molecular complexity index is 985. The van der Waals surface area contributed by atoms with Crippen LogP contribution in [0.5, 0.6) is 0 Å². The van der Waals surface area contributed by atoms with Crippen molar-refractivity contribution < 1.29 is 0 Å². The van der Waals surface area contributed by atoms with Crippen LogP contribution in [-0.2, 0) is 5.41 Å². The Kier molecular flexibility index (Phi) is 3.05. The Morgan fingerprint density at radius 1 is 0.652 bits per heavy atom. The normalized spacial score (nSPS) is 12.1. The summed E-state index contributed by atoms with van der Waals surface area (Å²) in [6.07, 6.45) is 0. The molecule has 23 heavy (non-hydrogen) atoms. The van der Waals surface area contributed by atoms with E-state index >= 15 is 0 Å². The Labute approximate surface area is 137 Å². The van der Waals surface area contributed by atoms with Crippen molar-refractivity contribution in [3.05, 3.63) is 72.3 Å². The van der Waals surface area contributed by atoms with Gasteiger partial charge in [0.15, 0.2) is 0 Å². The number of rotatable bonds is 1. The van der Waals surface area contributed by atoms with Gasteiger partial charge < -0.3 is 4.98 Å². The van der Waals surface area contributed by atoms with Crippen molar-refractivity contribution in [3.8, 4) is 11.1 Å². The smallest absolute Gasteiger partial charge is 0.0471 e. The van der Waals surface area contributed by atoms with E-state index in [9.17, 15) is 0 Å². The van der Waals surface area contributed by atoms with E-state index < -0.39 is 0 Å². The van der Waals surface area contributed by atoms with Gasteiger partial charge in [0.2, 0.25) is 0 Å². The Hall–Kier alpha value is -2.54. The molecule has 0 unspecified atom stereocenters. The highest BCUT2D eigenvalue weighted by Gasteiger charge is 2.15. The molecule has 1 heteroatoms. The molecule has 3 aromatic carbocycles. The number of hydrogen-bond acceptors (Lipinski definition) is 0. The molecule has 1 N–H and O–H groups in total. The van der Waals surface area contributed by atoms with E-state index in [0.29, 0.717) is 0 Å². The maximum absolute atomic E-state index is 3.57. The van der Waals surface area contributed by atoms with Crippen molar-refractivity contribution >= 4 is 21.8 Å². The van der Waals surface area contributed by atoms with Gasteiger partial charge in [-0.05, 0) is 40.3 Å². The van der Waals surface area contributed by atoms with E-state index in [4.69, 9.17) is 0 Å². The van der Waals surface area contributed by atoms with Gasteiger partial charge in [0, 0.05) is 21.8 Å². The number of fused-ring (bicyclic) bond motifs is 3. The summed E-state index contributed by atoms with van der Waals surface area (Å²) in [6.45, 7) is 6.78. The topological polar surface area (TPSA) is 15.8 Å². The molecule has 0 aliphatic carbocycles. The number of benzene rings is 3. The zero-order chi connectivity index (χ0) is 16.0. The lowest BCUT2D eigenvalue weighted by Gasteiger charge is -2.18. The molecule has 0 fully saturated rings. The molecule has 0 saturated carbocycles. The van der Waals surface area contributed by atoms with Crippen molar-refractivity contribution in [2.45, 2.75) is 26.2 Å². The second-order valence-electron chi connectivity index (χ2n) is 7.26. The summed E-state index contributed by atoms with van der Waals surface area (Å²) >= 11 is 0. The van der Waals surface area contributed by atoms with Crippen LogP contribution in [0.25, 0.3) is 32.9 Å². The fourth-order valence-corrected chi connectivity index (χ4v) is 3.18. The van der Waals surface area contributed by atoms with Crippen LogP contribution < -0.4 is 0 Å². The molecule has 1 heterocycles. The summed E-state index contributed by atoms with van der Waals surface area (Å²) in [5.41, 5.74) is 6.45. The van der Waals surface area contributed by atoms with Gasteiger partial charge in [0.05, 0.1) is 0 Å². The summed E-state index contributed by atoms with van der Waals surface area (Å²) in [5, 5.41) is 2.61. The van der Waals surface area contributed by atoms with Crippen LogP contribution in [0.3, 0.4) is 0 Å². The van der Waals surface area contributed by atoms with Crippen molar-refractivity contribution in [2.75, 3.05) is 0 Å². The second-order valence-corrected chi connectivity index (χ2v) is 7.26. The van der Waals surface area contributed by atoms with E-state index in [0.717, 1.165) is 0 Å². The van der Waals surface area contributed by atoms with Crippen LogP contribution in [0.2, 0.25) is 0 Å². The third-order valence-electron chi connectivity index (χ3n) is 4.57. The summed E-state index contributed by atoms with van der Waals surface area (Å²) in [4.78, 5) is 3.57. The van der Waals surface area contributed by atoms with Crippen LogP contribution in [0.1, 0.15) is 26.3 Å². The number of aromatic amines is 1. The van der Waals surface area contributed by atoms with Gasteiger partial charge in [-0.25, -0.2) is 0 Å². The lowest BCUT2D eigenvalue weighted by Crippen LogP contribution is -2.10. The van der Waals surface area contributed by atoms with Gasteiger partial charge in [0.25, 0.3) is 0 Å².